The van der Waals surface area contributed by atoms with Crippen LogP contribution in [0.15, 0.2) is 79.1 Å². The highest BCUT2D eigenvalue weighted by atomic mass is 16.2. The molecule has 0 saturated heterocycles. The Kier molecular flexibility index (Phi) is 4.88. The molecular weight excluding hydrogens is 334 g/mol. The molecule has 1 aliphatic rings. The lowest BCUT2D eigenvalue weighted by Crippen LogP contribution is -2.38. The second-order valence-corrected chi connectivity index (χ2v) is 6.97. The zero-order valence-corrected chi connectivity index (χ0v) is 15.4. The first-order valence-electron chi connectivity index (χ1n) is 9.37. The largest absolute Gasteiger partial charge is 0.322 e. The van der Waals surface area contributed by atoms with Gasteiger partial charge in [-0.1, -0.05) is 48.5 Å². The van der Waals surface area contributed by atoms with Crippen molar-refractivity contribution in [1.82, 2.24) is 9.88 Å². The van der Waals surface area contributed by atoms with Gasteiger partial charge in [0.05, 0.1) is 6.04 Å². The van der Waals surface area contributed by atoms with E-state index < -0.39 is 0 Å². The number of carbonyl (C=O) groups is 1. The molecule has 0 bridgehead atoms. The number of benzene rings is 2. The highest BCUT2D eigenvalue weighted by Gasteiger charge is 2.36. The number of hydrogen-bond acceptors (Lipinski definition) is 2. The lowest BCUT2D eigenvalue weighted by Gasteiger charge is -2.29. The number of rotatable bonds is 5. The fourth-order valence-corrected chi connectivity index (χ4v) is 3.36. The van der Waals surface area contributed by atoms with Crippen LogP contribution in [0.5, 0.6) is 0 Å². The van der Waals surface area contributed by atoms with E-state index in [1.807, 2.05) is 65.7 Å². The molecule has 1 fully saturated rings. The molecule has 27 heavy (non-hydrogen) atoms. The number of anilines is 1. The van der Waals surface area contributed by atoms with Gasteiger partial charge in [0.15, 0.2) is 0 Å². The van der Waals surface area contributed by atoms with Gasteiger partial charge < -0.3 is 10.2 Å². The monoisotopic (exact) mass is 357 g/mol. The van der Waals surface area contributed by atoms with E-state index in [1.165, 1.54) is 5.56 Å². The van der Waals surface area contributed by atoms with Crippen LogP contribution in [0.2, 0.25) is 0 Å². The Bertz CT molecular complexity index is 890. The third-order valence-corrected chi connectivity index (χ3v) is 5.00. The molecule has 1 heterocycles. The third-order valence-electron chi connectivity index (χ3n) is 5.00. The van der Waals surface area contributed by atoms with Gasteiger partial charge in [0, 0.05) is 24.1 Å². The van der Waals surface area contributed by atoms with Crippen molar-refractivity contribution >= 4 is 11.7 Å². The van der Waals surface area contributed by atoms with E-state index >= 15 is 0 Å². The van der Waals surface area contributed by atoms with Crippen molar-refractivity contribution < 1.29 is 4.79 Å². The Morgan fingerprint density at radius 3 is 2.33 bits per heavy atom. The Hall–Kier alpha value is -3.14. The smallest absolute Gasteiger partial charge is 0.315 e. The molecule has 1 saturated carbocycles. The minimum Gasteiger partial charge on any atom is -0.315 e. The van der Waals surface area contributed by atoms with Crippen LogP contribution in [0.3, 0.4) is 0 Å². The first-order chi connectivity index (χ1) is 13.2. The molecule has 4 heteroatoms. The highest BCUT2D eigenvalue weighted by Crippen LogP contribution is 2.34. The number of nitrogens with zero attached hydrogens (tertiary/aromatic N) is 2. The number of carbonyl (C=O) groups excluding carboxylic acids is 1. The molecule has 1 aliphatic carbocycles. The minimum absolute atomic E-state index is 0.00482. The second kappa shape index (κ2) is 7.62. The molecule has 0 aliphatic heterocycles. The lowest BCUT2D eigenvalue weighted by atomic mass is 10.1. The summed E-state index contributed by atoms with van der Waals surface area (Å²) in [5, 5.41) is 3.06. The summed E-state index contributed by atoms with van der Waals surface area (Å²) in [5.41, 5.74) is 4.17. The van der Waals surface area contributed by atoms with Crippen LogP contribution in [0.4, 0.5) is 10.5 Å². The standard InChI is InChI=1S/C23H23N3O/c1-17(20-8-5-15-24-16-20)26(22-13-14-22)23(27)25-21-11-9-19(10-12-21)18-6-3-2-4-7-18/h2-12,15-17,22H,13-14H2,1H3,(H,25,27). The fourth-order valence-electron chi connectivity index (χ4n) is 3.36. The van der Waals surface area contributed by atoms with Gasteiger partial charge in [-0.3, -0.25) is 4.98 Å². The maximum atomic E-state index is 13.0. The third kappa shape index (κ3) is 4.00. The number of pyridine rings is 1. The molecule has 2 amide bonds. The van der Waals surface area contributed by atoms with Crippen molar-refractivity contribution in [2.75, 3.05) is 5.32 Å². The van der Waals surface area contributed by atoms with Gasteiger partial charge in [-0.25, -0.2) is 4.79 Å². The Labute approximate surface area is 159 Å². The van der Waals surface area contributed by atoms with Crippen molar-refractivity contribution in [2.24, 2.45) is 0 Å². The van der Waals surface area contributed by atoms with E-state index in [-0.39, 0.29) is 12.1 Å². The van der Waals surface area contributed by atoms with Crippen molar-refractivity contribution in [1.29, 1.82) is 0 Å². The van der Waals surface area contributed by atoms with Gasteiger partial charge in [-0.05, 0) is 54.7 Å². The van der Waals surface area contributed by atoms with Gasteiger partial charge >= 0.3 is 6.03 Å². The predicted octanol–water partition coefficient (Wildman–Crippen LogP) is 5.51. The average Bonchev–Trinajstić information content (AvgIpc) is 3.55. The summed E-state index contributed by atoms with van der Waals surface area (Å²) in [5.74, 6) is 0. The van der Waals surface area contributed by atoms with Crippen molar-refractivity contribution in [2.45, 2.75) is 31.8 Å². The number of amides is 2. The van der Waals surface area contributed by atoms with Crippen molar-refractivity contribution in [3.63, 3.8) is 0 Å². The first-order valence-corrected chi connectivity index (χ1v) is 9.37. The summed E-state index contributed by atoms with van der Waals surface area (Å²) in [6, 6.07) is 22.4. The molecule has 136 valence electrons. The summed E-state index contributed by atoms with van der Waals surface area (Å²) in [6.07, 6.45) is 5.71. The van der Waals surface area contributed by atoms with Crippen molar-refractivity contribution in [3.05, 3.63) is 84.7 Å². The van der Waals surface area contributed by atoms with E-state index in [0.29, 0.717) is 6.04 Å². The van der Waals surface area contributed by atoms with Crippen LogP contribution in [-0.4, -0.2) is 22.0 Å². The van der Waals surface area contributed by atoms with Gasteiger partial charge in [-0.2, -0.15) is 0 Å². The topological polar surface area (TPSA) is 45.2 Å². The molecule has 1 unspecified atom stereocenters. The molecular formula is C23H23N3O. The average molecular weight is 357 g/mol. The van der Waals surface area contributed by atoms with E-state index in [0.717, 1.165) is 29.7 Å². The van der Waals surface area contributed by atoms with Gasteiger partial charge in [0.25, 0.3) is 0 Å². The highest BCUT2D eigenvalue weighted by molar-refractivity contribution is 5.90. The van der Waals surface area contributed by atoms with Gasteiger partial charge in [0.2, 0.25) is 0 Å². The van der Waals surface area contributed by atoms with Crippen molar-refractivity contribution in [3.8, 4) is 11.1 Å². The zero-order chi connectivity index (χ0) is 18.6. The first kappa shape index (κ1) is 17.3. The summed E-state index contributed by atoms with van der Waals surface area (Å²) in [7, 11) is 0. The van der Waals surface area contributed by atoms with E-state index in [4.69, 9.17) is 0 Å². The molecule has 4 rings (SSSR count). The van der Waals surface area contributed by atoms with Crippen LogP contribution in [0, 0.1) is 0 Å². The number of aromatic nitrogens is 1. The van der Waals surface area contributed by atoms with Crippen LogP contribution in [0.1, 0.15) is 31.4 Å². The molecule has 1 atom stereocenters. The lowest BCUT2D eigenvalue weighted by molar-refractivity contribution is 0.189. The summed E-state index contributed by atoms with van der Waals surface area (Å²) < 4.78 is 0. The van der Waals surface area contributed by atoms with Gasteiger partial charge in [0.1, 0.15) is 0 Å². The summed E-state index contributed by atoms with van der Waals surface area (Å²) in [6.45, 7) is 2.06. The SMILES string of the molecule is CC(c1cccnc1)N(C(=O)Nc1ccc(-c2ccccc2)cc1)C1CC1. The summed E-state index contributed by atoms with van der Waals surface area (Å²) in [4.78, 5) is 19.1. The Morgan fingerprint density at radius 1 is 1.00 bits per heavy atom. The molecule has 1 N–H and O–H groups in total. The second-order valence-electron chi connectivity index (χ2n) is 6.97. The molecule has 3 aromatic rings. The number of nitrogens with one attached hydrogen (secondary N) is 1. The maximum Gasteiger partial charge on any atom is 0.322 e. The van der Waals surface area contributed by atoms with E-state index in [1.54, 1.807) is 6.20 Å². The number of hydrogen-bond donors (Lipinski definition) is 1. The molecule has 0 spiro atoms. The predicted molar refractivity (Wildman–Crippen MR) is 108 cm³/mol. The van der Waals surface area contributed by atoms with Crippen LogP contribution in [0.25, 0.3) is 11.1 Å². The van der Waals surface area contributed by atoms with Crippen LogP contribution in [-0.2, 0) is 0 Å². The molecule has 1 aromatic heterocycles. The Morgan fingerprint density at radius 2 is 1.70 bits per heavy atom. The van der Waals surface area contributed by atoms with E-state index in [2.05, 4.69) is 29.4 Å². The fraction of sp³-hybridized carbons (Fsp3) is 0.217. The van der Waals surface area contributed by atoms with Gasteiger partial charge in [-0.15, -0.1) is 0 Å². The van der Waals surface area contributed by atoms with Crippen LogP contribution < -0.4 is 5.32 Å². The Balaban J connectivity index is 1.48. The number of urea groups is 1. The zero-order valence-electron chi connectivity index (χ0n) is 15.4. The summed E-state index contributed by atoms with van der Waals surface area (Å²) >= 11 is 0. The molecule has 4 nitrogen and oxygen atoms in total. The molecule has 2 aromatic carbocycles. The minimum atomic E-state index is -0.0543. The quantitative estimate of drug-likeness (QED) is 0.655. The van der Waals surface area contributed by atoms with E-state index in [9.17, 15) is 4.79 Å². The maximum absolute atomic E-state index is 13.0. The van der Waals surface area contributed by atoms with Crippen LogP contribution >= 0.6 is 0 Å². The molecule has 0 radical (unpaired) electrons. The normalized spacial score (nSPS) is 14.4.